The Hall–Kier alpha value is -1.31. The van der Waals surface area contributed by atoms with E-state index in [2.05, 4.69) is 31.3 Å². The topological polar surface area (TPSA) is 29.1 Å². The normalized spacial score (nSPS) is 10.5. The molecule has 0 radical (unpaired) electrons. The van der Waals surface area contributed by atoms with Crippen LogP contribution in [-0.2, 0) is 17.6 Å². The molecule has 2 nitrogen and oxygen atoms in total. The maximum atomic E-state index is 11.4. The van der Waals surface area contributed by atoms with Gasteiger partial charge in [-0.15, -0.1) is 0 Å². The Morgan fingerprint density at radius 3 is 2.25 bits per heavy atom. The molecule has 0 fully saturated rings. The molecule has 0 aliphatic heterocycles. The Labute approximate surface area is 98.1 Å². The zero-order valence-corrected chi connectivity index (χ0v) is 10.4. The van der Waals surface area contributed by atoms with Crippen LogP contribution in [0.4, 0.5) is 0 Å². The molecule has 0 unspecified atom stereocenters. The SMILES string of the molecule is CCNC(=O)Cc1ccc(CC(C)C)cc1. The summed E-state index contributed by atoms with van der Waals surface area (Å²) in [6, 6.07) is 8.34. The highest BCUT2D eigenvalue weighted by atomic mass is 16.1. The second kappa shape index (κ2) is 6.31. The van der Waals surface area contributed by atoms with Crippen LogP contribution in [0.3, 0.4) is 0 Å². The summed E-state index contributed by atoms with van der Waals surface area (Å²) >= 11 is 0. The summed E-state index contributed by atoms with van der Waals surface area (Å²) in [5.41, 5.74) is 2.42. The van der Waals surface area contributed by atoms with Crippen molar-refractivity contribution in [2.75, 3.05) is 6.54 Å². The van der Waals surface area contributed by atoms with Gasteiger partial charge in [0.1, 0.15) is 0 Å². The van der Waals surface area contributed by atoms with Crippen molar-refractivity contribution in [1.29, 1.82) is 0 Å². The van der Waals surface area contributed by atoms with Crippen molar-refractivity contribution in [1.82, 2.24) is 5.32 Å². The van der Waals surface area contributed by atoms with Gasteiger partial charge in [0.2, 0.25) is 5.91 Å². The number of likely N-dealkylation sites (N-methyl/N-ethyl adjacent to an activating group) is 1. The molecule has 0 saturated carbocycles. The van der Waals surface area contributed by atoms with E-state index in [1.807, 2.05) is 19.1 Å². The van der Waals surface area contributed by atoms with Crippen molar-refractivity contribution in [3.05, 3.63) is 35.4 Å². The number of amides is 1. The molecule has 1 rings (SSSR count). The Morgan fingerprint density at radius 2 is 1.75 bits per heavy atom. The summed E-state index contributed by atoms with van der Waals surface area (Å²) in [4.78, 5) is 11.4. The molecule has 0 aliphatic rings. The summed E-state index contributed by atoms with van der Waals surface area (Å²) in [5.74, 6) is 0.772. The van der Waals surface area contributed by atoms with Crippen LogP contribution in [0, 0.1) is 5.92 Å². The molecule has 16 heavy (non-hydrogen) atoms. The van der Waals surface area contributed by atoms with Crippen LogP contribution in [0.5, 0.6) is 0 Å². The highest BCUT2D eigenvalue weighted by Crippen LogP contribution is 2.10. The minimum atomic E-state index is 0.0964. The van der Waals surface area contributed by atoms with Crippen molar-refractivity contribution < 1.29 is 4.79 Å². The van der Waals surface area contributed by atoms with Crippen molar-refractivity contribution >= 4 is 5.91 Å². The van der Waals surface area contributed by atoms with E-state index in [-0.39, 0.29) is 5.91 Å². The Kier molecular flexibility index (Phi) is 5.03. The molecule has 1 aromatic rings. The quantitative estimate of drug-likeness (QED) is 0.810. The number of carbonyl (C=O) groups is 1. The molecule has 0 aliphatic carbocycles. The van der Waals surface area contributed by atoms with Gasteiger partial charge in [0.25, 0.3) is 0 Å². The number of hydrogen-bond acceptors (Lipinski definition) is 1. The van der Waals surface area contributed by atoms with Gasteiger partial charge in [-0.25, -0.2) is 0 Å². The second-order valence-electron chi connectivity index (χ2n) is 4.54. The largest absolute Gasteiger partial charge is 0.356 e. The van der Waals surface area contributed by atoms with Crippen LogP contribution in [0.25, 0.3) is 0 Å². The average Bonchev–Trinajstić information content (AvgIpc) is 2.20. The first-order valence-electron chi connectivity index (χ1n) is 5.96. The highest BCUT2D eigenvalue weighted by molar-refractivity contribution is 5.78. The molecule has 1 amide bonds. The smallest absolute Gasteiger partial charge is 0.224 e. The van der Waals surface area contributed by atoms with Crippen LogP contribution in [-0.4, -0.2) is 12.5 Å². The molecule has 1 aromatic carbocycles. The number of hydrogen-bond donors (Lipinski definition) is 1. The van der Waals surface area contributed by atoms with Gasteiger partial charge in [0.05, 0.1) is 6.42 Å². The lowest BCUT2D eigenvalue weighted by atomic mass is 10.0. The van der Waals surface area contributed by atoms with Crippen LogP contribution in [0.1, 0.15) is 31.9 Å². The van der Waals surface area contributed by atoms with Gasteiger partial charge in [0, 0.05) is 6.54 Å². The Morgan fingerprint density at radius 1 is 1.19 bits per heavy atom. The first kappa shape index (κ1) is 12.8. The van der Waals surface area contributed by atoms with Gasteiger partial charge in [-0.1, -0.05) is 38.1 Å². The summed E-state index contributed by atoms with van der Waals surface area (Å²) in [7, 11) is 0. The predicted molar refractivity (Wildman–Crippen MR) is 67.4 cm³/mol. The standard InChI is InChI=1S/C14H21NO/c1-4-15-14(16)10-13-7-5-12(6-8-13)9-11(2)3/h5-8,11H,4,9-10H2,1-3H3,(H,15,16). The minimum absolute atomic E-state index is 0.0964. The van der Waals surface area contributed by atoms with Gasteiger partial charge in [-0.2, -0.15) is 0 Å². The molecule has 0 spiro atoms. The van der Waals surface area contributed by atoms with Crippen LogP contribution in [0.2, 0.25) is 0 Å². The fraction of sp³-hybridized carbons (Fsp3) is 0.500. The summed E-state index contributed by atoms with van der Waals surface area (Å²) in [5, 5.41) is 2.80. The van der Waals surface area contributed by atoms with Gasteiger partial charge in [-0.05, 0) is 30.4 Å². The second-order valence-corrected chi connectivity index (χ2v) is 4.54. The molecule has 1 N–H and O–H groups in total. The van der Waals surface area contributed by atoms with Crippen molar-refractivity contribution in [3.63, 3.8) is 0 Å². The molecule has 2 heteroatoms. The third-order valence-corrected chi connectivity index (χ3v) is 2.41. The number of rotatable bonds is 5. The molecule has 0 bridgehead atoms. The van der Waals surface area contributed by atoms with Crippen LogP contribution >= 0.6 is 0 Å². The summed E-state index contributed by atoms with van der Waals surface area (Å²) in [6.45, 7) is 7.05. The maximum absolute atomic E-state index is 11.4. The number of carbonyl (C=O) groups excluding carboxylic acids is 1. The lowest BCUT2D eigenvalue weighted by Crippen LogP contribution is -2.24. The lowest BCUT2D eigenvalue weighted by molar-refractivity contribution is -0.120. The molecular weight excluding hydrogens is 198 g/mol. The summed E-state index contributed by atoms with van der Waals surface area (Å²) < 4.78 is 0. The highest BCUT2D eigenvalue weighted by Gasteiger charge is 2.02. The third kappa shape index (κ3) is 4.47. The van der Waals surface area contributed by atoms with E-state index in [4.69, 9.17) is 0 Å². The van der Waals surface area contributed by atoms with Crippen LogP contribution < -0.4 is 5.32 Å². The van der Waals surface area contributed by atoms with E-state index in [9.17, 15) is 4.79 Å². The Bertz CT molecular complexity index is 327. The van der Waals surface area contributed by atoms with E-state index in [1.54, 1.807) is 0 Å². The Balaban J connectivity index is 2.54. The summed E-state index contributed by atoms with van der Waals surface area (Å²) in [6.07, 6.45) is 1.58. The lowest BCUT2D eigenvalue weighted by Gasteiger charge is -2.06. The molecule has 0 saturated heterocycles. The van der Waals surface area contributed by atoms with Crippen molar-refractivity contribution in [3.8, 4) is 0 Å². The molecule has 0 atom stereocenters. The number of benzene rings is 1. The predicted octanol–water partition coefficient (Wildman–Crippen LogP) is 2.56. The van der Waals surface area contributed by atoms with E-state index >= 15 is 0 Å². The molecule has 0 heterocycles. The fourth-order valence-corrected chi connectivity index (χ4v) is 1.71. The van der Waals surface area contributed by atoms with E-state index in [0.717, 1.165) is 12.0 Å². The minimum Gasteiger partial charge on any atom is -0.356 e. The average molecular weight is 219 g/mol. The van der Waals surface area contributed by atoms with Gasteiger partial charge >= 0.3 is 0 Å². The van der Waals surface area contributed by atoms with Crippen molar-refractivity contribution in [2.45, 2.75) is 33.6 Å². The van der Waals surface area contributed by atoms with Gasteiger partial charge in [0.15, 0.2) is 0 Å². The fourth-order valence-electron chi connectivity index (χ4n) is 1.71. The van der Waals surface area contributed by atoms with E-state index in [1.165, 1.54) is 5.56 Å². The zero-order chi connectivity index (χ0) is 12.0. The van der Waals surface area contributed by atoms with Gasteiger partial charge < -0.3 is 5.32 Å². The molecular formula is C14H21NO. The molecule has 0 aromatic heterocycles. The van der Waals surface area contributed by atoms with Crippen LogP contribution in [0.15, 0.2) is 24.3 Å². The van der Waals surface area contributed by atoms with E-state index < -0.39 is 0 Å². The molecule has 88 valence electrons. The monoisotopic (exact) mass is 219 g/mol. The van der Waals surface area contributed by atoms with E-state index in [0.29, 0.717) is 18.9 Å². The zero-order valence-electron chi connectivity index (χ0n) is 10.4. The number of nitrogens with one attached hydrogen (secondary N) is 1. The van der Waals surface area contributed by atoms with Crippen molar-refractivity contribution in [2.24, 2.45) is 5.92 Å². The van der Waals surface area contributed by atoms with Gasteiger partial charge in [-0.3, -0.25) is 4.79 Å². The first-order valence-corrected chi connectivity index (χ1v) is 5.96. The third-order valence-electron chi connectivity index (χ3n) is 2.41. The maximum Gasteiger partial charge on any atom is 0.224 e. The first-order chi connectivity index (χ1) is 7.61.